The van der Waals surface area contributed by atoms with Crippen LogP contribution in [0.25, 0.3) is 11.4 Å². The summed E-state index contributed by atoms with van der Waals surface area (Å²) in [6.45, 7) is 6.84. The summed E-state index contributed by atoms with van der Waals surface area (Å²) in [6.07, 6.45) is 1.51. The number of nitrogens with zero attached hydrogens (tertiary/aromatic N) is 4. The minimum atomic E-state index is 0.577. The van der Waals surface area contributed by atoms with E-state index in [1.165, 1.54) is 11.9 Å². The molecular weight excluding hydrogens is 364 g/mol. The Kier molecular flexibility index (Phi) is 7.22. The first kappa shape index (κ1) is 20.4. The molecule has 7 nitrogen and oxygen atoms in total. The quantitative estimate of drug-likeness (QED) is 0.454. The molecule has 0 atom stereocenters. The zero-order valence-corrected chi connectivity index (χ0v) is 17.2. The van der Waals surface area contributed by atoms with Crippen LogP contribution in [0.15, 0.2) is 59.9 Å². The Morgan fingerprint density at radius 1 is 1.21 bits per heavy atom. The summed E-state index contributed by atoms with van der Waals surface area (Å²) in [6, 6.07) is 16.3. The second-order valence-corrected chi connectivity index (χ2v) is 6.79. The summed E-state index contributed by atoms with van der Waals surface area (Å²) in [4.78, 5) is 11.1. The molecule has 152 valence electrons. The van der Waals surface area contributed by atoms with Gasteiger partial charge in [0.05, 0.1) is 13.1 Å². The van der Waals surface area contributed by atoms with E-state index in [0.717, 1.165) is 41.7 Å². The first-order valence-electron chi connectivity index (χ1n) is 9.79. The number of aromatic nitrogens is 3. The monoisotopic (exact) mass is 392 g/mol. The van der Waals surface area contributed by atoms with Gasteiger partial charge in [-0.15, -0.1) is 0 Å². The van der Waals surface area contributed by atoms with Crippen molar-refractivity contribution in [2.24, 2.45) is 4.99 Å². The van der Waals surface area contributed by atoms with E-state index < -0.39 is 0 Å². The fraction of sp³-hybridized carbons (Fsp3) is 0.318. The van der Waals surface area contributed by atoms with Crippen LogP contribution in [0, 0.1) is 6.92 Å². The van der Waals surface area contributed by atoms with Crippen molar-refractivity contribution in [1.82, 2.24) is 25.4 Å². The largest absolute Gasteiger partial charge is 0.492 e. The lowest BCUT2D eigenvalue weighted by Gasteiger charge is -2.22. The van der Waals surface area contributed by atoms with Gasteiger partial charge < -0.3 is 15.0 Å². The number of likely N-dealkylation sites (N-methyl/N-ethyl adjacent to an activating group) is 1. The molecule has 0 unspecified atom stereocenters. The molecule has 0 fully saturated rings. The second kappa shape index (κ2) is 10.3. The lowest BCUT2D eigenvalue weighted by Crippen LogP contribution is -2.40. The average Bonchev–Trinajstić information content (AvgIpc) is 3.28. The fourth-order valence-electron chi connectivity index (χ4n) is 2.84. The number of guanidine groups is 1. The van der Waals surface area contributed by atoms with Crippen molar-refractivity contribution in [2.45, 2.75) is 20.4 Å². The fourth-order valence-corrected chi connectivity index (χ4v) is 2.84. The third kappa shape index (κ3) is 6.07. The maximum absolute atomic E-state index is 5.84. The van der Waals surface area contributed by atoms with Gasteiger partial charge in [-0.3, -0.25) is 5.10 Å². The Labute approximate surface area is 171 Å². The molecule has 0 saturated carbocycles. The Hall–Kier alpha value is -3.35. The van der Waals surface area contributed by atoms with E-state index in [-0.39, 0.29) is 0 Å². The smallest absolute Gasteiger partial charge is 0.194 e. The molecule has 3 aromatic rings. The van der Waals surface area contributed by atoms with Crippen molar-refractivity contribution < 1.29 is 4.74 Å². The molecule has 0 saturated heterocycles. The number of benzene rings is 2. The van der Waals surface area contributed by atoms with Crippen LogP contribution in [0.3, 0.4) is 0 Å². The highest BCUT2D eigenvalue weighted by atomic mass is 16.5. The average molecular weight is 393 g/mol. The van der Waals surface area contributed by atoms with E-state index >= 15 is 0 Å². The highest BCUT2D eigenvalue weighted by Crippen LogP contribution is 2.16. The molecule has 0 aliphatic heterocycles. The van der Waals surface area contributed by atoms with Crippen molar-refractivity contribution in [3.05, 3.63) is 66.0 Å². The minimum absolute atomic E-state index is 0.577. The Bertz CT molecular complexity index is 905. The van der Waals surface area contributed by atoms with Crippen LogP contribution in [-0.4, -0.2) is 52.8 Å². The summed E-state index contributed by atoms with van der Waals surface area (Å²) in [5.74, 6) is 2.49. The molecule has 2 aromatic carbocycles. The molecule has 1 heterocycles. The van der Waals surface area contributed by atoms with E-state index in [0.29, 0.717) is 13.2 Å². The lowest BCUT2D eigenvalue weighted by atomic mass is 10.1. The molecular formula is C22H28N6O. The molecule has 29 heavy (non-hydrogen) atoms. The van der Waals surface area contributed by atoms with Gasteiger partial charge in [-0.1, -0.05) is 35.9 Å². The Morgan fingerprint density at radius 3 is 2.76 bits per heavy atom. The number of aromatic amines is 1. The molecule has 0 radical (unpaired) electrons. The number of hydrogen-bond acceptors (Lipinski definition) is 4. The normalized spacial score (nSPS) is 11.3. The summed E-state index contributed by atoms with van der Waals surface area (Å²) in [7, 11) is 2.02. The molecule has 0 aliphatic carbocycles. The summed E-state index contributed by atoms with van der Waals surface area (Å²) in [5, 5.41) is 10.1. The van der Waals surface area contributed by atoms with E-state index in [9.17, 15) is 0 Å². The third-order valence-corrected chi connectivity index (χ3v) is 4.44. The van der Waals surface area contributed by atoms with Gasteiger partial charge in [0.25, 0.3) is 0 Å². The number of aryl methyl sites for hydroxylation is 1. The number of aliphatic imine (C=N–C) groups is 1. The van der Waals surface area contributed by atoms with Crippen LogP contribution in [0.5, 0.6) is 5.75 Å². The van der Waals surface area contributed by atoms with Gasteiger partial charge in [-0.25, -0.2) is 9.98 Å². The molecule has 0 amide bonds. The summed E-state index contributed by atoms with van der Waals surface area (Å²) in [5.41, 5.74) is 3.34. The van der Waals surface area contributed by atoms with Gasteiger partial charge >= 0.3 is 0 Å². The molecule has 3 rings (SSSR count). The summed E-state index contributed by atoms with van der Waals surface area (Å²) < 4.78 is 5.84. The van der Waals surface area contributed by atoms with Gasteiger partial charge in [0, 0.05) is 19.2 Å². The van der Waals surface area contributed by atoms with Crippen LogP contribution < -0.4 is 10.1 Å². The van der Waals surface area contributed by atoms with Crippen LogP contribution in [0.2, 0.25) is 0 Å². The number of nitrogens with one attached hydrogen (secondary N) is 2. The zero-order chi connectivity index (χ0) is 20.5. The standard InChI is InChI=1S/C22H28N6O/c1-4-23-22(28(3)12-13-29-20-10-8-17(2)9-11-20)24-15-18-6-5-7-19(14-18)21-25-16-26-27-21/h5-11,14,16H,4,12-13,15H2,1-3H3,(H,23,24)(H,25,26,27). The molecule has 7 heteroatoms. The Morgan fingerprint density at radius 2 is 2.03 bits per heavy atom. The van der Waals surface area contributed by atoms with Gasteiger partial charge in [-0.05, 0) is 37.6 Å². The van der Waals surface area contributed by atoms with Crippen LogP contribution >= 0.6 is 0 Å². The first-order valence-corrected chi connectivity index (χ1v) is 9.79. The van der Waals surface area contributed by atoms with Crippen LogP contribution in [-0.2, 0) is 6.54 Å². The first-order chi connectivity index (χ1) is 14.2. The van der Waals surface area contributed by atoms with Crippen molar-refractivity contribution in [3.63, 3.8) is 0 Å². The van der Waals surface area contributed by atoms with E-state index in [1.807, 2.05) is 31.3 Å². The van der Waals surface area contributed by atoms with Crippen molar-refractivity contribution >= 4 is 5.96 Å². The third-order valence-electron chi connectivity index (χ3n) is 4.44. The zero-order valence-electron chi connectivity index (χ0n) is 17.2. The molecule has 0 bridgehead atoms. The van der Waals surface area contributed by atoms with E-state index in [2.05, 4.69) is 63.5 Å². The highest BCUT2D eigenvalue weighted by Gasteiger charge is 2.07. The molecule has 2 N–H and O–H groups in total. The summed E-state index contributed by atoms with van der Waals surface area (Å²) >= 11 is 0. The van der Waals surface area contributed by atoms with E-state index in [4.69, 9.17) is 9.73 Å². The van der Waals surface area contributed by atoms with E-state index in [1.54, 1.807) is 0 Å². The van der Waals surface area contributed by atoms with Crippen molar-refractivity contribution in [2.75, 3.05) is 26.7 Å². The van der Waals surface area contributed by atoms with Gasteiger partial charge in [0.1, 0.15) is 18.7 Å². The topological polar surface area (TPSA) is 78.4 Å². The molecule has 0 aliphatic rings. The molecule has 1 aromatic heterocycles. The number of hydrogen-bond donors (Lipinski definition) is 2. The second-order valence-electron chi connectivity index (χ2n) is 6.79. The number of ether oxygens (including phenoxy) is 1. The van der Waals surface area contributed by atoms with Crippen molar-refractivity contribution in [3.8, 4) is 17.1 Å². The van der Waals surface area contributed by atoms with Gasteiger partial charge in [-0.2, -0.15) is 5.10 Å². The van der Waals surface area contributed by atoms with Crippen LogP contribution in [0.1, 0.15) is 18.1 Å². The number of rotatable bonds is 8. The highest BCUT2D eigenvalue weighted by molar-refractivity contribution is 5.79. The maximum atomic E-state index is 5.84. The van der Waals surface area contributed by atoms with Gasteiger partial charge in [0.15, 0.2) is 11.8 Å². The van der Waals surface area contributed by atoms with Crippen LogP contribution in [0.4, 0.5) is 0 Å². The SMILES string of the molecule is CCNC(=NCc1cccc(-c2ncn[nH]2)c1)N(C)CCOc1ccc(C)cc1. The minimum Gasteiger partial charge on any atom is -0.492 e. The Balaban J connectivity index is 1.58. The molecule has 0 spiro atoms. The van der Waals surface area contributed by atoms with Crippen molar-refractivity contribution in [1.29, 1.82) is 0 Å². The number of H-pyrrole nitrogens is 1. The lowest BCUT2D eigenvalue weighted by molar-refractivity contribution is 0.281. The predicted molar refractivity (Wildman–Crippen MR) is 116 cm³/mol. The van der Waals surface area contributed by atoms with Gasteiger partial charge in [0.2, 0.25) is 0 Å². The predicted octanol–water partition coefficient (Wildman–Crippen LogP) is 3.26. The maximum Gasteiger partial charge on any atom is 0.194 e.